The fourth-order valence-electron chi connectivity index (χ4n) is 1.85. The summed E-state index contributed by atoms with van der Waals surface area (Å²) in [6.07, 6.45) is 0. The lowest BCUT2D eigenvalue weighted by atomic mass is 10.3. The van der Waals surface area contributed by atoms with Crippen molar-refractivity contribution in [1.82, 2.24) is 9.55 Å². The van der Waals surface area contributed by atoms with E-state index in [9.17, 15) is 0 Å². The van der Waals surface area contributed by atoms with Crippen molar-refractivity contribution in [1.29, 1.82) is 0 Å². The van der Waals surface area contributed by atoms with Crippen molar-refractivity contribution in [2.75, 3.05) is 5.73 Å². The highest BCUT2D eigenvalue weighted by atomic mass is 32.1. The second kappa shape index (κ2) is 3.35. The summed E-state index contributed by atoms with van der Waals surface area (Å²) in [6.45, 7) is 0. The van der Waals surface area contributed by atoms with E-state index < -0.39 is 0 Å². The summed E-state index contributed by atoms with van der Waals surface area (Å²) < 4.78 is 2.08. The molecule has 0 aliphatic rings. The molecule has 2 N–H and O–H groups in total. The highest BCUT2D eigenvalue weighted by Gasteiger charge is 2.12. The quantitative estimate of drug-likeness (QED) is 0.697. The van der Waals surface area contributed by atoms with Crippen LogP contribution in [0.15, 0.2) is 35.7 Å². The number of para-hydroxylation sites is 2. The molecule has 0 spiro atoms. The van der Waals surface area contributed by atoms with Gasteiger partial charge in [0.2, 0.25) is 0 Å². The number of benzene rings is 1. The summed E-state index contributed by atoms with van der Waals surface area (Å²) in [6, 6.07) is 10.0. The van der Waals surface area contributed by atoms with Gasteiger partial charge in [0.15, 0.2) is 5.82 Å². The molecule has 3 rings (SSSR count). The Morgan fingerprint density at radius 1 is 1.25 bits per heavy atom. The van der Waals surface area contributed by atoms with Crippen molar-refractivity contribution >= 4 is 28.1 Å². The molecular formula is C12H11N3S. The number of anilines is 1. The predicted octanol–water partition coefficient (Wildman–Crippen LogP) is 2.88. The summed E-state index contributed by atoms with van der Waals surface area (Å²) >= 11 is 1.62. The Bertz CT molecular complexity index is 651. The maximum Gasteiger partial charge on any atom is 0.153 e. The Balaban J connectivity index is 2.33. The highest BCUT2D eigenvalue weighted by molar-refractivity contribution is 7.14. The van der Waals surface area contributed by atoms with Crippen LogP contribution in [0.3, 0.4) is 0 Å². The molecule has 0 saturated carbocycles. The Labute approximate surface area is 97.2 Å². The van der Waals surface area contributed by atoms with Crippen LogP contribution in [0.4, 0.5) is 5.69 Å². The summed E-state index contributed by atoms with van der Waals surface area (Å²) in [5.74, 6) is 0.939. The minimum absolute atomic E-state index is 0.795. The van der Waals surface area contributed by atoms with Crippen LogP contribution in [0.25, 0.3) is 21.7 Å². The number of fused-ring (bicyclic) bond motifs is 1. The van der Waals surface area contributed by atoms with Crippen molar-refractivity contribution in [3.8, 4) is 10.7 Å². The molecule has 0 fully saturated rings. The van der Waals surface area contributed by atoms with Gasteiger partial charge >= 0.3 is 0 Å². The van der Waals surface area contributed by atoms with Crippen LogP contribution in [0.1, 0.15) is 0 Å². The van der Waals surface area contributed by atoms with Gasteiger partial charge in [-0.05, 0) is 23.6 Å². The third-order valence-corrected chi connectivity index (χ3v) is 3.61. The Morgan fingerprint density at radius 2 is 2.06 bits per heavy atom. The largest absolute Gasteiger partial charge is 0.397 e. The number of hydrogen-bond acceptors (Lipinski definition) is 3. The molecule has 0 bridgehead atoms. The number of rotatable bonds is 1. The van der Waals surface area contributed by atoms with Gasteiger partial charge in [0.05, 0.1) is 21.6 Å². The average molecular weight is 229 g/mol. The normalized spacial score (nSPS) is 11.1. The van der Waals surface area contributed by atoms with Crippen molar-refractivity contribution in [3.05, 3.63) is 35.7 Å². The fraction of sp³-hybridized carbons (Fsp3) is 0.0833. The monoisotopic (exact) mass is 229 g/mol. The molecule has 3 aromatic rings. The third kappa shape index (κ3) is 1.23. The van der Waals surface area contributed by atoms with Gasteiger partial charge in [0.1, 0.15) is 0 Å². The van der Waals surface area contributed by atoms with Gasteiger partial charge in [-0.2, -0.15) is 0 Å². The van der Waals surface area contributed by atoms with E-state index >= 15 is 0 Å². The summed E-state index contributed by atoms with van der Waals surface area (Å²) in [7, 11) is 2.02. The maximum absolute atomic E-state index is 5.92. The number of aryl methyl sites for hydroxylation is 1. The smallest absolute Gasteiger partial charge is 0.153 e. The van der Waals surface area contributed by atoms with E-state index in [4.69, 9.17) is 5.73 Å². The van der Waals surface area contributed by atoms with E-state index in [1.54, 1.807) is 11.3 Å². The van der Waals surface area contributed by atoms with E-state index in [-0.39, 0.29) is 0 Å². The molecule has 2 aromatic heterocycles. The molecule has 80 valence electrons. The number of nitrogens with zero attached hydrogens (tertiary/aromatic N) is 2. The number of imidazole rings is 1. The Kier molecular flexibility index (Phi) is 1.97. The van der Waals surface area contributed by atoms with Gasteiger partial charge in [-0.1, -0.05) is 12.1 Å². The Morgan fingerprint density at radius 3 is 2.75 bits per heavy atom. The number of hydrogen-bond donors (Lipinski definition) is 1. The molecule has 0 aliphatic carbocycles. The first kappa shape index (κ1) is 9.42. The van der Waals surface area contributed by atoms with Crippen LogP contribution < -0.4 is 5.73 Å². The Hall–Kier alpha value is -1.81. The van der Waals surface area contributed by atoms with Crippen molar-refractivity contribution in [2.45, 2.75) is 0 Å². The standard InChI is InChI=1S/C12H11N3S/c1-15-10-5-3-2-4-9(10)14-12(15)11-8(13)6-7-16-11/h2-7H,13H2,1H3. The van der Waals surface area contributed by atoms with Crippen molar-refractivity contribution in [2.24, 2.45) is 7.05 Å². The SMILES string of the molecule is Cn1c(-c2sccc2N)nc2ccccc21. The lowest BCUT2D eigenvalue weighted by molar-refractivity contribution is 0.963. The van der Waals surface area contributed by atoms with Crippen molar-refractivity contribution < 1.29 is 0 Å². The number of nitrogens with two attached hydrogens (primary N) is 1. The van der Waals surface area contributed by atoms with Crippen LogP contribution in [-0.4, -0.2) is 9.55 Å². The lowest BCUT2D eigenvalue weighted by Crippen LogP contribution is -1.93. The molecule has 0 saturated heterocycles. The minimum Gasteiger partial charge on any atom is -0.397 e. The number of thiophene rings is 1. The molecule has 0 amide bonds. The molecule has 0 atom stereocenters. The molecular weight excluding hydrogens is 218 g/mol. The highest BCUT2D eigenvalue weighted by Crippen LogP contribution is 2.32. The molecule has 16 heavy (non-hydrogen) atoms. The number of aromatic nitrogens is 2. The van der Waals surface area contributed by atoms with Crippen LogP contribution in [-0.2, 0) is 7.05 Å². The zero-order chi connectivity index (χ0) is 11.1. The zero-order valence-corrected chi connectivity index (χ0v) is 9.66. The third-order valence-electron chi connectivity index (χ3n) is 2.69. The first-order valence-electron chi connectivity index (χ1n) is 5.02. The first-order valence-corrected chi connectivity index (χ1v) is 5.90. The molecule has 4 heteroatoms. The van der Waals surface area contributed by atoms with Crippen LogP contribution in [0, 0.1) is 0 Å². The molecule has 0 aliphatic heterocycles. The number of nitrogen functional groups attached to an aromatic ring is 1. The first-order chi connectivity index (χ1) is 7.77. The van der Waals surface area contributed by atoms with Gasteiger partial charge in [0, 0.05) is 7.05 Å². The van der Waals surface area contributed by atoms with Crippen LogP contribution in [0.2, 0.25) is 0 Å². The van der Waals surface area contributed by atoms with Gasteiger partial charge < -0.3 is 10.3 Å². The van der Waals surface area contributed by atoms with Gasteiger partial charge in [-0.25, -0.2) is 4.98 Å². The maximum atomic E-state index is 5.92. The second-order valence-electron chi connectivity index (χ2n) is 3.69. The van der Waals surface area contributed by atoms with E-state index in [1.165, 1.54) is 0 Å². The lowest BCUT2D eigenvalue weighted by Gasteiger charge is -2.00. The molecule has 1 aromatic carbocycles. The second-order valence-corrected chi connectivity index (χ2v) is 4.60. The van der Waals surface area contributed by atoms with E-state index in [1.807, 2.05) is 36.7 Å². The van der Waals surface area contributed by atoms with Crippen LogP contribution in [0.5, 0.6) is 0 Å². The van der Waals surface area contributed by atoms with Gasteiger partial charge in [-0.15, -0.1) is 11.3 Å². The summed E-state index contributed by atoms with van der Waals surface area (Å²) in [5, 5.41) is 1.99. The topological polar surface area (TPSA) is 43.8 Å². The average Bonchev–Trinajstić information content (AvgIpc) is 2.84. The van der Waals surface area contributed by atoms with Gasteiger partial charge in [-0.3, -0.25) is 0 Å². The molecule has 0 unspecified atom stereocenters. The van der Waals surface area contributed by atoms with Crippen molar-refractivity contribution in [3.63, 3.8) is 0 Å². The van der Waals surface area contributed by atoms with Gasteiger partial charge in [0.25, 0.3) is 0 Å². The molecule has 2 heterocycles. The van der Waals surface area contributed by atoms with E-state index in [0.29, 0.717) is 0 Å². The van der Waals surface area contributed by atoms with E-state index in [2.05, 4.69) is 15.6 Å². The zero-order valence-electron chi connectivity index (χ0n) is 8.84. The molecule has 3 nitrogen and oxygen atoms in total. The van der Waals surface area contributed by atoms with E-state index in [0.717, 1.165) is 27.4 Å². The minimum atomic E-state index is 0.795. The summed E-state index contributed by atoms with van der Waals surface area (Å²) in [5.41, 5.74) is 8.85. The predicted molar refractivity (Wildman–Crippen MR) is 68.4 cm³/mol. The summed E-state index contributed by atoms with van der Waals surface area (Å²) in [4.78, 5) is 5.65. The molecule has 0 radical (unpaired) electrons. The fourth-order valence-corrected chi connectivity index (χ4v) is 2.69. The van der Waals surface area contributed by atoms with Crippen LogP contribution >= 0.6 is 11.3 Å².